The lowest BCUT2D eigenvalue weighted by Gasteiger charge is -2.10. The molecule has 0 unspecified atom stereocenters. The number of hydrogen-bond acceptors (Lipinski definition) is 3. The molecule has 0 N–H and O–H groups in total. The van der Waals surface area contributed by atoms with Gasteiger partial charge in [-0.2, -0.15) is 10.4 Å². The average Bonchev–Trinajstić information content (AvgIpc) is 2.82. The van der Waals surface area contributed by atoms with Gasteiger partial charge in [0.05, 0.1) is 22.9 Å². The molecule has 6 heteroatoms. The first-order chi connectivity index (χ1) is 11.5. The number of aryl methyl sites for hydroxylation is 2. The van der Waals surface area contributed by atoms with Crippen LogP contribution in [0.2, 0.25) is 0 Å². The second-order valence-corrected chi connectivity index (χ2v) is 6.11. The Balaban J connectivity index is 2.06. The second kappa shape index (κ2) is 6.46. The molecule has 3 aromatic rings. The van der Waals surface area contributed by atoms with Crippen LogP contribution in [0.1, 0.15) is 11.3 Å². The summed E-state index contributed by atoms with van der Waals surface area (Å²) in [6, 6.07) is 13.4. The standard InChI is InChI=1S/C18H13BrFN3O/c1-11-17(15-8-5-13(20)9-16(15)19)18(23(2)22-11)24-14-6-3-12(10-21)4-7-14/h3-9H,1-2H3. The zero-order chi connectivity index (χ0) is 17.3. The third-order valence-corrected chi connectivity index (χ3v) is 4.22. The van der Waals surface area contributed by atoms with Crippen molar-refractivity contribution in [2.45, 2.75) is 6.92 Å². The Hall–Kier alpha value is -2.65. The molecule has 24 heavy (non-hydrogen) atoms. The summed E-state index contributed by atoms with van der Waals surface area (Å²) in [4.78, 5) is 0. The molecule has 0 saturated heterocycles. The van der Waals surface area contributed by atoms with Crippen LogP contribution in [0.25, 0.3) is 11.1 Å². The van der Waals surface area contributed by atoms with E-state index in [1.54, 1.807) is 42.1 Å². The summed E-state index contributed by atoms with van der Waals surface area (Å²) < 4.78 is 21.6. The fourth-order valence-corrected chi connectivity index (χ4v) is 3.01. The summed E-state index contributed by atoms with van der Waals surface area (Å²) in [7, 11) is 1.78. The van der Waals surface area contributed by atoms with Crippen LogP contribution >= 0.6 is 15.9 Å². The normalized spacial score (nSPS) is 10.5. The lowest BCUT2D eigenvalue weighted by Crippen LogP contribution is -1.96. The van der Waals surface area contributed by atoms with E-state index in [2.05, 4.69) is 27.1 Å². The van der Waals surface area contributed by atoms with Crippen LogP contribution in [0.4, 0.5) is 4.39 Å². The Kier molecular flexibility index (Phi) is 4.36. The van der Waals surface area contributed by atoms with Crippen molar-refractivity contribution >= 4 is 15.9 Å². The monoisotopic (exact) mass is 385 g/mol. The van der Waals surface area contributed by atoms with Crippen molar-refractivity contribution in [3.63, 3.8) is 0 Å². The summed E-state index contributed by atoms with van der Waals surface area (Å²) in [6.45, 7) is 1.87. The summed E-state index contributed by atoms with van der Waals surface area (Å²) in [5.74, 6) is 0.822. The van der Waals surface area contributed by atoms with Crippen LogP contribution in [-0.2, 0) is 7.05 Å². The van der Waals surface area contributed by atoms with Crippen molar-refractivity contribution in [2.75, 3.05) is 0 Å². The van der Waals surface area contributed by atoms with Gasteiger partial charge in [0.1, 0.15) is 11.6 Å². The molecule has 1 aromatic heterocycles. The highest BCUT2D eigenvalue weighted by Crippen LogP contribution is 2.39. The van der Waals surface area contributed by atoms with Gasteiger partial charge in [0.2, 0.25) is 5.88 Å². The summed E-state index contributed by atoms with van der Waals surface area (Å²) >= 11 is 3.40. The number of halogens is 2. The molecule has 0 aliphatic heterocycles. The van der Waals surface area contributed by atoms with E-state index in [1.165, 1.54) is 12.1 Å². The van der Waals surface area contributed by atoms with Gasteiger partial charge in [0.25, 0.3) is 0 Å². The Morgan fingerprint density at radius 1 is 1.21 bits per heavy atom. The molecular weight excluding hydrogens is 373 g/mol. The Bertz CT molecular complexity index is 942. The maximum atomic E-state index is 13.4. The largest absolute Gasteiger partial charge is 0.439 e. The first-order valence-corrected chi connectivity index (χ1v) is 7.96. The molecule has 0 aliphatic carbocycles. The van der Waals surface area contributed by atoms with Crippen LogP contribution in [0.5, 0.6) is 11.6 Å². The molecule has 0 amide bonds. The smallest absolute Gasteiger partial charge is 0.225 e. The van der Waals surface area contributed by atoms with Gasteiger partial charge in [-0.1, -0.05) is 22.0 Å². The maximum Gasteiger partial charge on any atom is 0.225 e. The molecule has 0 radical (unpaired) electrons. The molecule has 0 bridgehead atoms. The zero-order valence-electron chi connectivity index (χ0n) is 13.0. The molecule has 4 nitrogen and oxygen atoms in total. The van der Waals surface area contributed by atoms with Crippen LogP contribution < -0.4 is 4.74 Å². The summed E-state index contributed by atoms with van der Waals surface area (Å²) in [6.07, 6.45) is 0. The van der Waals surface area contributed by atoms with Crippen LogP contribution in [-0.4, -0.2) is 9.78 Å². The van der Waals surface area contributed by atoms with E-state index in [9.17, 15) is 4.39 Å². The Labute approximate surface area is 147 Å². The predicted octanol–water partition coefficient (Wildman–Crippen LogP) is 4.96. The van der Waals surface area contributed by atoms with Gasteiger partial charge < -0.3 is 4.74 Å². The van der Waals surface area contributed by atoms with Gasteiger partial charge in [-0.15, -0.1) is 0 Å². The van der Waals surface area contributed by atoms with Gasteiger partial charge in [-0.25, -0.2) is 9.07 Å². The zero-order valence-corrected chi connectivity index (χ0v) is 14.6. The quantitative estimate of drug-likeness (QED) is 0.639. The lowest BCUT2D eigenvalue weighted by atomic mass is 10.1. The molecule has 0 saturated carbocycles. The van der Waals surface area contributed by atoms with Crippen molar-refractivity contribution in [1.29, 1.82) is 5.26 Å². The van der Waals surface area contributed by atoms with Gasteiger partial charge in [-0.3, -0.25) is 0 Å². The second-order valence-electron chi connectivity index (χ2n) is 5.25. The number of nitriles is 1. The van der Waals surface area contributed by atoms with Gasteiger partial charge in [-0.05, 0) is 43.3 Å². The number of nitrogens with zero attached hydrogens (tertiary/aromatic N) is 3. The highest BCUT2D eigenvalue weighted by atomic mass is 79.9. The maximum absolute atomic E-state index is 13.4. The molecular formula is C18H13BrFN3O. The van der Waals surface area contributed by atoms with E-state index < -0.39 is 0 Å². The first-order valence-electron chi connectivity index (χ1n) is 7.16. The van der Waals surface area contributed by atoms with Crippen LogP contribution in [0.15, 0.2) is 46.9 Å². The highest BCUT2D eigenvalue weighted by molar-refractivity contribution is 9.10. The Morgan fingerprint density at radius 3 is 2.54 bits per heavy atom. The number of ether oxygens (including phenoxy) is 1. The molecule has 2 aromatic carbocycles. The van der Waals surface area contributed by atoms with Crippen molar-refractivity contribution in [1.82, 2.24) is 9.78 Å². The number of aromatic nitrogens is 2. The average molecular weight is 386 g/mol. The Morgan fingerprint density at radius 2 is 1.92 bits per heavy atom. The molecule has 0 aliphatic rings. The molecule has 120 valence electrons. The topological polar surface area (TPSA) is 50.8 Å². The van der Waals surface area contributed by atoms with Crippen molar-refractivity contribution in [3.8, 4) is 28.8 Å². The van der Waals surface area contributed by atoms with Gasteiger partial charge >= 0.3 is 0 Å². The SMILES string of the molecule is Cc1nn(C)c(Oc2ccc(C#N)cc2)c1-c1ccc(F)cc1Br. The van der Waals surface area contributed by atoms with Crippen molar-refractivity contribution in [3.05, 3.63) is 64.0 Å². The van der Waals surface area contributed by atoms with E-state index in [1.807, 2.05) is 6.92 Å². The number of benzene rings is 2. The third kappa shape index (κ3) is 3.03. The third-order valence-electron chi connectivity index (χ3n) is 3.57. The first kappa shape index (κ1) is 16.2. The fraction of sp³-hybridized carbons (Fsp3) is 0.111. The van der Waals surface area contributed by atoms with E-state index in [-0.39, 0.29) is 5.82 Å². The van der Waals surface area contributed by atoms with Crippen molar-refractivity contribution in [2.24, 2.45) is 7.05 Å². The van der Waals surface area contributed by atoms with E-state index >= 15 is 0 Å². The predicted molar refractivity (Wildman–Crippen MR) is 92.3 cm³/mol. The molecule has 0 fully saturated rings. The minimum absolute atomic E-state index is 0.318. The molecule has 1 heterocycles. The lowest BCUT2D eigenvalue weighted by molar-refractivity contribution is 0.432. The van der Waals surface area contributed by atoms with Gasteiger partial charge in [0.15, 0.2) is 0 Å². The molecule has 0 spiro atoms. The van der Waals surface area contributed by atoms with Crippen LogP contribution in [0, 0.1) is 24.1 Å². The fourth-order valence-electron chi connectivity index (χ4n) is 2.47. The number of rotatable bonds is 3. The van der Waals surface area contributed by atoms with E-state index in [4.69, 9.17) is 10.00 Å². The number of hydrogen-bond donors (Lipinski definition) is 0. The minimum Gasteiger partial charge on any atom is -0.439 e. The van der Waals surface area contributed by atoms with E-state index in [0.717, 1.165) is 16.8 Å². The van der Waals surface area contributed by atoms with E-state index in [0.29, 0.717) is 21.7 Å². The summed E-state index contributed by atoms with van der Waals surface area (Å²) in [5.41, 5.74) is 2.91. The minimum atomic E-state index is -0.318. The molecule has 3 rings (SSSR count). The highest BCUT2D eigenvalue weighted by Gasteiger charge is 2.19. The van der Waals surface area contributed by atoms with Crippen LogP contribution in [0.3, 0.4) is 0 Å². The van der Waals surface area contributed by atoms with Gasteiger partial charge in [0, 0.05) is 17.1 Å². The van der Waals surface area contributed by atoms with Crippen molar-refractivity contribution < 1.29 is 9.13 Å². The molecule has 0 atom stereocenters. The summed E-state index contributed by atoms with van der Waals surface area (Å²) in [5, 5.41) is 13.3.